The second-order valence-corrected chi connectivity index (χ2v) is 2.84. The molecule has 0 amide bonds. The van der Waals surface area contributed by atoms with Crippen molar-refractivity contribution in [1.29, 1.82) is 0 Å². The highest BCUT2D eigenvalue weighted by atomic mass is 35.5. The van der Waals surface area contributed by atoms with Gasteiger partial charge in [0.15, 0.2) is 5.75 Å². The van der Waals surface area contributed by atoms with Crippen molar-refractivity contribution >= 4 is 11.6 Å². The SMILES string of the molecule is Cc1cccc(Cl)c1OC(F)(F)F. The predicted molar refractivity (Wildman–Crippen MR) is 42.9 cm³/mol. The molecule has 0 aromatic heterocycles. The van der Waals surface area contributed by atoms with E-state index in [1.54, 1.807) is 6.07 Å². The zero-order valence-electron chi connectivity index (χ0n) is 6.65. The van der Waals surface area contributed by atoms with Crippen molar-refractivity contribution in [3.8, 4) is 5.75 Å². The third-order valence-corrected chi connectivity index (χ3v) is 1.68. The Balaban J connectivity index is 3.00. The van der Waals surface area contributed by atoms with Crippen LogP contribution >= 0.6 is 11.6 Å². The number of hydrogen-bond acceptors (Lipinski definition) is 1. The largest absolute Gasteiger partial charge is 0.573 e. The third-order valence-electron chi connectivity index (χ3n) is 1.38. The Labute approximate surface area is 78.1 Å². The summed E-state index contributed by atoms with van der Waals surface area (Å²) in [7, 11) is 0. The van der Waals surface area contributed by atoms with Crippen molar-refractivity contribution in [3.63, 3.8) is 0 Å². The first-order valence-corrected chi connectivity index (χ1v) is 3.79. The molecule has 13 heavy (non-hydrogen) atoms. The summed E-state index contributed by atoms with van der Waals surface area (Å²) in [5.74, 6) is -0.336. The first-order valence-electron chi connectivity index (χ1n) is 3.41. The Morgan fingerprint density at radius 3 is 2.38 bits per heavy atom. The number of benzene rings is 1. The molecule has 0 spiro atoms. The quantitative estimate of drug-likeness (QED) is 0.689. The van der Waals surface area contributed by atoms with Crippen molar-refractivity contribution in [2.24, 2.45) is 0 Å². The van der Waals surface area contributed by atoms with Crippen LogP contribution in [0, 0.1) is 6.92 Å². The Hall–Kier alpha value is -0.900. The molecule has 0 aliphatic carbocycles. The smallest absolute Gasteiger partial charge is 0.404 e. The average molecular weight is 211 g/mol. The molecule has 72 valence electrons. The van der Waals surface area contributed by atoms with Crippen LogP contribution in [0.5, 0.6) is 5.75 Å². The Bertz CT molecular complexity index is 288. The zero-order chi connectivity index (χ0) is 10.1. The molecule has 0 saturated carbocycles. The molecule has 0 heterocycles. The van der Waals surface area contributed by atoms with E-state index in [1.807, 2.05) is 0 Å². The number of hydrogen-bond donors (Lipinski definition) is 0. The fourth-order valence-electron chi connectivity index (χ4n) is 0.862. The summed E-state index contributed by atoms with van der Waals surface area (Å²) < 4.78 is 39.2. The number of alkyl halides is 3. The Morgan fingerprint density at radius 2 is 1.92 bits per heavy atom. The predicted octanol–water partition coefficient (Wildman–Crippen LogP) is 3.55. The summed E-state index contributed by atoms with van der Waals surface area (Å²) in [5.41, 5.74) is 0.352. The molecule has 0 unspecified atom stereocenters. The van der Waals surface area contributed by atoms with Gasteiger partial charge in [0, 0.05) is 0 Å². The lowest BCUT2D eigenvalue weighted by molar-refractivity contribution is -0.274. The summed E-state index contributed by atoms with van der Waals surface area (Å²) in [6.07, 6.45) is -4.70. The van der Waals surface area contributed by atoms with Gasteiger partial charge in [-0.05, 0) is 18.6 Å². The van der Waals surface area contributed by atoms with Gasteiger partial charge >= 0.3 is 6.36 Å². The number of aryl methyl sites for hydroxylation is 1. The van der Waals surface area contributed by atoms with E-state index in [0.717, 1.165) is 0 Å². The molecule has 0 aliphatic heterocycles. The van der Waals surface area contributed by atoms with Crippen LogP contribution in [0.4, 0.5) is 13.2 Å². The first kappa shape index (κ1) is 10.2. The summed E-state index contributed by atoms with van der Waals surface area (Å²) in [6, 6.07) is 4.39. The molecule has 0 bridgehead atoms. The number of para-hydroxylation sites is 1. The van der Waals surface area contributed by atoms with Crippen molar-refractivity contribution in [1.82, 2.24) is 0 Å². The number of halogens is 4. The van der Waals surface area contributed by atoms with Gasteiger partial charge in [-0.3, -0.25) is 0 Å². The van der Waals surface area contributed by atoms with Crippen LogP contribution in [0.1, 0.15) is 5.56 Å². The molecule has 0 saturated heterocycles. The topological polar surface area (TPSA) is 9.23 Å². The van der Waals surface area contributed by atoms with E-state index < -0.39 is 6.36 Å². The van der Waals surface area contributed by atoms with Gasteiger partial charge in [-0.25, -0.2) is 0 Å². The number of rotatable bonds is 1. The van der Waals surface area contributed by atoms with Gasteiger partial charge in [-0.15, -0.1) is 13.2 Å². The van der Waals surface area contributed by atoms with Crippen LogP contribution in [0.15, 0.2) is 18.2 Å². The van der Waals surface area contributed by atoms with E-state index in [1.165, 1.54) is 19.1 Å². The maximum atomic E-state index is 11.8. The minimum absolute atomic E-state index is 0.0441. The van der Waals surface area contributed by atoms with Crippen molar-refractivity contribution < 1.29 is 17.9 Å². The molecule has 0 N–H and O–H groups in total. The van der Waals surface area contributed by atoms with Crippen LogP contribution in [0.2, 0.25) is 5.02 Å². The lowest BCUT2D eigenvalue weighted by Crippen LogP contribution is -2.18. The van der Waals surface area contributed by atoms with E-state index in [4.69, 9.17) is 11.6 Å². The van der Waals surface area contributed by atoms with Gasteiger partial charge in [-0.2, -0.15) is 0 Å². The van der Waals surface area contributed by atoms with Gasteiger partial charge < -0.3 is 4.74 Å². The molecule has 0 radical (unpaired) electrons. The number of ether oxygens (including phenoxy) is 1. The Kier molecular flexibility index (Phi) is 2.71. The van der Waals surface area contributed by atoms with Crippen molar-refractivity contribution in [3.05, 3.63) is 28.8 Å². The fourth-order valence-corrected chi connectivity index (χ4v) is 1.12. The van der Waals surface area contributed by atoms with Crippen LogP contribution in [-0.2, 0) is 0 Å². The summed E-state index contributed by atoms with van der Waals surface area (Å²) in [5, 5.41) is -0.0441. The normalized spacial score (nSPS) is 11.5. The van der Waals surface area contributed by atoms with E-state index >= 15 is 0 Å². The molecule has 1 aromatic carbocycles. The molecule has 0 fully saturated rings. The van der Waals surface area contributed by atoms with Gasteiger partial charge in [0.25, 0.3) is 0 Å². The second-order valence-electron chi connectivity index (χ2n) is 2.43. The van der Waals surface area contributed by atoms with Crippen LogP contribution < -0.4 is 4.74 Å². The fraction of sp³-hybridized carbons (Fsp3) is 0.250. The molecule has 1 nitrogen and oxygen atoms in total. The molecule has 0 aliphatic rings. The monoisotopic (exact) mass is 210 g/mol. The maximum absolute atomic E-state index is 11.8. The summed E-state index contributed by atoms with van der Waals surface area (Å²) >= 11 is 5.51. The van der Waals surface area contributed by atoms with Crippen LogP contribution in [0.3, 0.4) is 0 Å². The molecule has 0 atom stereocenters. The highest BCUT2D eigenvalue weighted by molar-refractivity contribution is 6.32. The molecule has 1 rings (SSSR count). The van der Waals surface area contributed by atoms with Gasteiger partial charge in [0.05, 0.1) is 5.02 Å². The Morgan fingerprint density at radius 1 is 1.31 bits per heavy atom. The lowest BCUT2D eigenvalue weighted by atomic mass is 10.2. The molecular formula is C8H6ClF3O. The van der Waals surface area contributed by atoms with Gasteiger partial charge in [0.1, 0.15) is 0 Å². The van der Waals surface area contributed by atoms with Crippen molar-refractivity contribution in [2.75, 3.05) is 0 Å². The van der Waals surface area contributed by atoms with Crippen molar-refractivity contribution in [2.45, 2.75) is 13.3 Å². The van der Waals surface area contributed by atoms with E-state index in [9.17, 15) is 13.2 Å². The van der Waals surface area contributed by atoms with Crippen LogP contribution in [0.25, 0.3) is 0 Å². The zero-order valence-corrected chi connectivity index (χ0v) is 7.41. The highest BCUT2D eigenvalue weighted by Crippen LogP contribution is 2.32. The molecule has 1 aromatic rings. The first-order chi connectivity index (χ1) is 5.90. The minimum Gasteiger partial charge on any atom is -0.404 e. The molecule has 5 heteroatoms. The third kappa shape index (κ3) is 2.81. The van der Waals surface area contributed by atoms with Gasteiger partial charge in [0.2, 0.25) is 0 Å². The lowest BCUT2D eigenvalue weighted by Gasteiger charge is -2.12. The minimum atomic E-state index is -4.70. The average Bonchev–Trinajstić information content (AvgIpc) is 1.95. The van der Waals surface area contributed by atoms with Crippen LogP contribution in [-0.4, -0.2) is 6.36 Å². The highest BCUT2D eigenvalue weighted by Gasteiger charge is 2.32. The standard InChI is InChI=1S/C8H6ClF3O/c1-5-3-2-4-6(9)7(5)13-8(10,11)12/h2-4H,1H3. The van der Waals surface area contributed by atoms with E-state index in [-0.39, 0.29) is 10.8 Å². The van der Waals surface area contributed by atoms with E-state index in [0.29, 0.717) is 5.56 Å². The molecular weight excluding hydrogens is 205 g/mol. The summed E-state index contributed by atoms with van der Waals surface area (Å²) in [6.45, 7) is 1.49. The summed E-state index contributed by atoms with van der Waals surface area (Å²) in [4.78, 5) is 0. The second kappa shape index (κ2) is 3.46. The van der Waals surface area contributed by atoms with E-state index in [2.05, 4.69) is 4.74 Å². The maximum Gasteiger partial charge on any atom is 0.573 e. The van der Waals surface area contributed by atoms with Gasteiger partial charge in [-0.1, -0.05) is 23.7 Å².